The van der Waals surface area contributed by atoms with Gasteiger partial charge in [0.2, 0.25) is 10.0 Å². The predicted octanol–water partition coefficient (Wildman–Crippen LogP) is 2.87. The summed E-state index contributed by atoms with van der Waals surface area (Å²) in [4.78, 5) is -0.335. The van der Waals surface area contributed by atoms with Gasteiger partial charge in [-0.2, -0.15) is 0 Å². The van der Waals surface area contributed by atoms with Gasteiger partial charge in [0.15, 0.2) is 0 Å². The van der Waals surface area contributed by atoms with Crippen LogP contribution in [0.25, 0.3) is 0 Å². The standard InChI is InChI=1S/C14H14FNO2S/c1-11(12-7-3-2-4-8-12)16-19(17,18)14-10-6-5-9-13(14)15/h2-11,16H,1H3/t11-/m1/s1. The molecular weight excluding hydrogens is 265 g/mol. The van der Waals surface area contributed by atoms with E-state index in [9.17, 15) is 12.8 Å². The number of halogens is 1. The van der Waals surface area contributed by atoms with Gasteiger partial charge in [-0.3, -0.25) is 0 Å². The number of hydrogen-bond acceptors (Lipinski definition) is 2. The Balaban J connectivity index is 2.26. The van der Waals surface area contributed by atoms with Crippen LogP contribution in [0.4, 0.5) is 4.39 Å². The molecular formula is C14H14FNO2S. The lowest BCUT2D eigenvalue weighted by Gasteiger charge is -2.14. The Morgan fingerprint density at radius 1 is 1.00 bits per heavy atom. The van der Waals surface area contributed by atoms with Crippen LogP contribution < -0.4 is 4.72 Å². The van der Waals surface area contributed by atoms with E-state index in [1.807, 2.05) is 30.3 Å². The lowest BCUT2D eigenvalue weighted by molar-refractivity contribution is 0.547. The SMILES string of the molecule is C[C@@H](NS(=O)(=O)c1ccccc1F)c1ccccc1. The summed E-state index contributed by atoms with van der Waals surface area (Å²) >= 11 is 0. The third kappa shape index (κ3) is 3.19. The fraction of sp³-hybridized carbons (Fsp3) is 0.143. The zero-order valence-corrected chi connectivity index (χ0v) is 11.2. The van der Waals surface area contributed by atoms with Crippen LogP contribution in [0.2, 0.25) is 0 Å². The van der Waals surface area contributed by atoms with E-state index in [4.69, 9.17) is 0 Å². The molecule has 1 atom stereocenters. The Bertz CT molecular complexity index is 656. The molecule has 5 heteroatoms. The molecule has 1 N–H and O–H groups in total. The monoisotopic (exact) mass is 279 g/mol. The van der Waals surface area contributed by atoms with Crippen molar-refractivity contribution in [2.45, 2.75) is 17.9 Å². The summed E-state index contributed by atoms with van der Waals surface area (Å²) in [5.74, 6) is -0.754. The van der Waals surface area contributed by atoms with Gasteiger partial charge in [-0.25, -0.2) is 17.5 Å². The van der Waals surface area contributed by atoms with Crippen molar-refractivity contribution in [1.82, 2.24) is 4.72 Å². The Kier molecular flexibility index (Phi) is 3.97. The maximum Gasteiger partial charge on any atom is 0.244 e. The minimum absolute atomic E-state index is 0.335. The van der Waals surface area contributed by atoms with E-state index < -0.39 is 21.9 Å². The summed E-state index contributed by atoms with van der Waals surface area (Å²) in [6, 6.07) is 14.0. The predicted molar refractivity (Wildman–Crippen MR) is 71.6 cm³/mol. The first-order valence-corrected chi connectivity index (χ1v) is 7.31. The minimum atomic E-state index is -3.86. The van der Waals surface area contributed by atoms with Crippen molar-refractivity contribution in [3.05, 3.63) is 66.0 Å². The molecule has 100 valence electrons. The van der Waals surface area contributed by atoms with Gasteiger partial charge in [-0.1, -0.05) is 42.5 Å². The smallest absolute Gasteiger partial charge is 0.207 e. The van der Waals surface area contributed by atoms with Crippen molar-refractivity contribution in [3.8, 4) is 0 Å². The first-order chi connectivity index (χ1) is 9.00. The normalized spacial score (nSPS) is 13.2. The second-order valence-corrected chi connectivity index (χ2v) is 5.87. The van der Waals surface area contributed by atoms with Gasteiger partial charge < -0.3 is 0 Å². The van der Waals surface area contributed by atoms with E-state index in [0.717, 1.165) is 11.6 Å². The molecule has 3 nitrogen and oxygen atoms in total. The number of nitrogens with one attached hydrogen (secondary N) is 1. The van der Waals surface area contributed by atoms with Crippen LogP contribution in [0, 0.1) is 5.82 Å². The van der Waals surface area contributed by atoms with Crippen molar-refractivity contribution in [2.75, 3.05) is 0 Å². The van der Waals surface area contributed by atoms with E-state index in [1.54, 1.807) is 6.92 Å². The van der Waals surface area contributed by atoms with Crippen molar-refractivity contribution < 1.29 is 12.8 Å². The lowest BCUT2D eigenvalue weighted by Crippen LogP contribution is -2.27. The van der Waals surface area contributed by atoms with E-state index >= 15 is 0 Å². The van der Waals surface area contributed by atoms with Crippen LogP contribution in [0.15, 0.2) is 59.5 Å². The molecule has 0 fully saturated rings. The number of benzene rings is 2. The maximum atomic E-state index is 13.5. The Hall–Kier alpha value is -1.72. The molecule has 2 aromatic carbocycles. The zero-order valence-electron chi connectivity index (χ0n) is 10.4. The molecule has 0 heterocycles. The highest BCUT2D eigenvalue weighted by Gasteiger charge is 2.21. The van der Waals surface area contributed by atoms with Crippen LogP contribution >= 0.6 is 0 Å². The van der Waals surface area contributed by atoms with Crippen molar-refractivity contribution >= 4 is 10.0 Å². The molecule has 0 saturated carbocycles. The molecule has 0 radical (unpaired) electrons. The van der Waals surface area contributed by atoms with E-state index in [0.29, 0.717) is 0 Å². The first kappa shape index (κ1) is 13.7. The highest BCUT2D eigenvalue weighted by Crippen LogP contribution is 2.18. The minimum Gasteiger partial charge on any atom is -0.207 e. The molecule has 0 aliphatic carbocycles. The van der Waals surface area contributed by atoms with E-state index in [2.05, 4.69) is 4.72 Å². The Labute approximate surface area is 112 Å². The molecule has 0 bridgehead atoms. The second-order valence-electron chi connectivity index (χ2n) is 4.18. The number of hydrogen-bond donors (Lipinski definition) is 1. The highest BCUT2D eigenvalue weighted by atomic mass is 32.2. The fourth-order valence-corrected chi connectivity index (χ4v) is 3.08. The van der Waals surface area contributed by atoms with Gasteiger partial charge in [0.05, 0.1) is 0 Å². The highest BCUT2D eigenvalue weighted by molar-refractivity contribution is 7.89. The average molecular weight is 279 g/mol. The lowest BCUT2D eigenvalue weighted by atomic mass is 10.1. The van der Waals surface area contributed by atoms with Crippen LogP contribution in [0.3, 0.4) is 0 Å². The number of sulfonamides is 1. The summed E-state index contributed by atoms with van der Waals surface area (Å²) in [7, 11) is -3.86. The van der Waals surface area contributed by atoms with E-state index in [1.165, 1.54) is 18.2 Å². The third-order valence-corrected chi connectivity index (χ3v) is 4.33. The molecule has 0 spiro atoms. The molecule has 2 aromatic rings. The molecule has 0 saturated heterocycles. The van der Waals surface area contributed by atoms with Crippen LogP contribution in [-0.2, 0) is 10.0 Å². The van der Waals surface area contributed by atoms with Crippen LogP contribution in [-0.4, -0.2) is 8.42 Å². The summed E-state index contributed by atoms with van der Waals surface area (Å²) in [5.41, 5.74) is 0.822. The van der Waals surface area contributed by atoms with Gasteiger partial charge in [0.1, 0.15) is 10.7 Å². The summed E-state index contributed by atoms with van der Waals surface area (Å²) in [5, 5.41) is 0. The molecule has 19 heavy (non-hydrogen) atoms. The van der Waals surface area contributed by atoms with E-state index in [-0.39, 0.29) is 4.90 Å². The van der Waals surface area contributed by atoms with Gasteiger partial charge in [0, 0.05) is 6.04 Å². The fourth-order valence-electron chi connectivity index (χ4n) is 1.77. The maximum absolute atomic E-state index is 13.5. The number of rotatable bonds is 4. The summed E-state index contributed by atoms with van der Waals surface area (Å²) in [6.07, 6.45) is 0. The largest absolute Gasteiger partial charge is 0.244 e. The quantitative estimate of drug-likeness (QED) is 0.935. The van der Waals surface area contributed by atoms with Gasteiger partial charge in [-0.05, 0) is 24.6 Å². The van der Waals surface area contributed by atoms with Gasteiger partial charge in [-0.15, -0.1) is 0 Å². The first-order valence-electron chi connectivity index (χ1n) is 5.82. The topological polar surface area (TPSA) is 46.2 Å². The molecule has 0 aliphatic heterocycles. The second kappa shape index (κ2) is 5.50. The van der Waals surface area contributed by atoms with Crippen molar-refractivity contribution in [1.29, 1.82) is 0 Å². The zero-order chi connectivity index (χ0) is 13.9. The van der Waals surface area contributed by atoms with Crippen LogP contribution in [0.5, 0.6) is 0 Å². The van der Waals surface area contributed by atoms with Gasteiger partial charge >= 0.3 is 0 Å². The third-order valence-electron chi connectivity index (χ3n) is 2.76. The van der Waals surface area contributed by atoms with Crippen molar-refractivity contribution in [2.24, 2.45) is 0 Å². The van der Waals surface area contributed by atoms with Crippen molar-refractivity contribution in [3.63, 3.8) is 0 Å². The van der Waals surface area contributed by atoms with Gasteiger partial charge in [0.25, 0.3) is 0 Å². The summed E-state index contributed by atoms with van der Waals surface area (Å²) < 4.78 is 40.2. The van der Waals surface area contributed by atoms with Crippen LogP contribution in [0.1, 0.15) is 18.5 Å². The summed E-state index contributed by atoms with van der Waals surface area (Å²) in [6.45, 7) is 1.72. The molecule has 0 aliphatic rings. The average Bonchev–Trinajstić information content (AvgIpc) is 2.39. The molecule has 2 rings (SSSR count). The molecule has 0 amide bonds. The molecule has 0 aromatic heterocycles. The molecule has 0 unspecified atom stereocenters. The Morgan fingerprint density at radius 2 is 1.58 bits per heavy atom. The Morgan fingerprint density at radius 3 is 2.21 bits per heavy atom.